The highest BCUT2D eigenvalue weighted by molar-refractivity contribution is 7.16. The van der Waals surface area contributed by atoms with Crippen LogP contribution in [0.15, 0.2) is 23.7 Å². The number of unbranched alkanes of at least 4 members (excludes halogenated alkanes) is 5. The van der Waals surface area contributed by atoms with E-state index in [-0.39, 0.29) is 0 Å². The first-order chi connectivity index (χ1) is 8.90. The van der Waals surface area contributed by atoms with Gasteiger partial charge in [0, 0.05) is 12.2 Å². The molecule has 0 saturated carbocycles. The smallest absolute Gasteiger partial charge is 0.0813 e. The lowest BCUT2D eigenvalue weighted by molar-refractivity contribution is 0.617. The first-order valence-corrected chi connectivity index (χ1v) is 7.85. The van der Waals surface area contributed by atoms with Crippen LogP contribution < -0.4 is 5.32 Å². The Kier molecular flexibility index (Phi) is 5.46. The molecule has 18 heavy (non-hydrogen) atoms. The fourth-order valence-electron chi connectivity index (χ4n) is 2.10. The van der Waals surface area contributed by atoms with Crippen LogP contribution in [0, 0.1) is 0 Å². The molecule has 1 heterocycles. The SMILES string of the molecule is CCCCCCCCNc1ccc2ncsc2c1. The highest BCUT2D eigenvalue weighted by Gasteiger charge is 1.98. The van der Waals surface area contributed by atoms with Crippen LogP contribution in [0.5, 0.6) is 0 Å². The zero-order valence-corrected chi connectivity index (χ0v) is 11.9. The zero-order chi connectivity index (χ0) is 12.6. The van der Waals surface area contributed by atoms with Gasteiger partial charge in [-0.15, -0.1) is 11.3 Å². The number of nitrogens with zero attached hydrogens (tertiary/aromatic N) is 1. The second-order valence-electron chi connectivity index (χ2n) is 4.73. The molecular formula is C15H22N2S. The molecule has 0 amide bonds. The third-order valence-corrected chi connectivity index (χ3v) is 3.98. The van der Waals surface area contributed by atoms with E-state index in [1.54, 1.807) is 11.3 Å². The Hall–Kier alpha value is -1.09. The van der Waals surface area contributed by atoms with Gasteiger partial charge in [0.1, 0.15) is 0 Å². The molecule has 0 aliphatic heterocycles. The Labute approximate surface area is 113 Å². The van der Waals surface area contributed by atoms with Gasteiger partial charge in [-0.3, -0.25) is 0 Å². The molecule has 0 aliphatic carbocycles. The first kappa shape index (κ1) is 13.3. The number of fused-ring (bicyclic) bond motifs is 1. The van der Waals surface area contributed by atoms with Gasteiger partial charge in [-0.2, -0.15) is 0 Å². The number of hydrogen-bond acceptors (Lipinski definition) is 3. The summed E-state index contributed by atoms with van der Waals surface area (Å²) in [4.78, 5) is 4.29. The third kappa shape index (κ3) is 3.98. The van der Waals surface area contributed by atoms with Crippen molar-refractivity contribution in [2.75, 3.05) is 11.9 Å². The molecule has 0 radical (unpaired) electrons. The van der Waals surface area contributed by atoms with Crippen molar-refractivity contribution in [3.05, 3.63) is 23.7 Å². The predicted octanol–water partition coefficient (Wildman–Crippen LogP) is 5.07. The minimum Gasteiger partial charge on any atom is -0.385 e. The highest BCUT2D eigenvalue weighted by atomic mass is 32.1. The molecule has 1 N–H and O–H groups in total. The second kappa shape index (κ2) is 7.37. The summed E-state index contributed by atoms with van der Waals surface area (Å²) in [6, 6.07) is 6.42. The van der Waals surface area contributed by atoms with Crippen LogP contribution in [-0.4, -0.2) is 11.5 Å². The first-order valence-electron chi connectivity index (χ1n) is 6.97. The highest BCUT2D eigenvalue weighted by Crippen LogP contribution is 2.21. The summed E-state index contributed by atoms with van der Waals surface area (Å²) >= 11 is 1.70. The van der Waals surface area contributed by atoms with Gasteiger partial charge in [0.25, 0.3) is 0 Å². The van der Waals surface area contributed by atoms with Crippen LogP contribution in [0.3, 0.4) is 0 Å². The van der Waals surface area contributed by atoms with Gasteiger partial charge >= 0.3 is 0 Å². The minimum atomic E-state index is 1.08. The van der Waals surface area contributed by atoms with Crippen LogP contribution in [-0.2, 0) is 0 Å². The van der Waals surface area contributed by atoms with Gasteiger partial charge in [-0.25, -0.2) is 4.98 Å². The van der Waals surface area contributed by atoms with Crippen molar-refractivity contribution in [1.82, 2.24) is 4.98 Å². The van der Waals surface area contributed by atoms with Gasteiger partial charge in [-0.1, -0.05) is 39.0 Å². The van der Waals surface area contributed by atoms with E-state index >= 15 is 0 Å². The van der Waals surface area contributed by atoms with Gasteiger partial charge in [0.2, 0.25) is 0 Å². The molecule has 2 rings (SSSR count). The summed E-state index contributed by atoms with van der Waals surface area (Å²) in [7, 11) is 0. The van der Waals surface area contributed by atoms with Crippen LogP contribution in [0.4, 0.5) is 5.69 Å². The quantitative estimate of drug-likeness (QED) is 0.672. The number of thiazole rings is 1. The van der Waals surface area contributed by atoms with Crippen molar-refractivity contribution in [1.29, 1.82) is 0 Å². The van der Waals surface area contributed by atoms with Gasteiger partial charge in [0.15, 0.2) is 0 Å². The second-order valence-corrected chi connectivity index (χ2v) is 5.62. The lowest BCUT2D eigenvalue weighted by Gasteiger charge is -2.06. The molecule has 0 saturated heterocycles. The molecule has 0 atom stereocenters. The number of nitrogens with one attached hydrogen (secondary N) is 1. The van der Waals surface area contributed by atoms with Crippen molar-refractivity contribution in [2.45, 2.75) is 45.4 Å². The molecule has 3 heteroatoms. The summed E-state index contributed by atoms with van der Waals surface area (Å²) in [6.45, 7) is 3.34. The summed E-state index contributed by atoms with van der Waals surface area (Å²) in [6.07, 6.45) is 8.09. The average molecular weight is 262 g/mol. The molecule has 0 aliphatic rings. The molecular weight excluding hydrogens is 240 g/mol. The largest absolute Gasteiger partial charge is 0.385 e. The fraction of sp³-hybridized carbons (Fsp3) is 0.533. The van der Waals surface area contributed by atoms with Gasteiger partial charge < -0.3 is 5.32 Å². The summed E-state index contributed by atoms with van der Waals surface area (Å²) in [5.74, 6) is 0. The zero-order valence-electron chi connectivity index (χ0n) is 11.1. The van der Waals surface area contributed by atoms with E-state index in [0.29, 0.717) is 0 Å². The normalized spacial score (nSPS) is 10.9. The maximum Gasteiger partial charge on any atom is 0.0813 e. The maximum atomic E-state index is 4.29. The van der Waals surface area contributed by atoms with E-state index in [1.165, 1.54) is 48.9 Å². The molecule has 0 unspecified atom stereocenters. The monoisotopic (exact) mass is 262 g/mol. The van der Waals surface area contributed by atoms with E-state index < -0.39 is 0 Å². The lowest BCUT2D eigenvalue weighted by atomic mass is 10.1. The Morgan fingerprint density at radius 3 is 2.83 bits per heavy atom. The summed E-state index contributed by atoms with van der Waals surface area (Å²) < 4.78 is 1.27. The van der Waals surface area contributed by atoms with E-state index in [2.05, 4.69) is 35.4 Å². The van der Waals surface area contributed by atoms with Gasteiger partial charge in [-0.05, 0) is 24.6 Å². The molecule has 0 fully saturated rings. The fourth-order valence-corrected chi connectivity index (χ4v) is 2.82. The van der Waals surface area contributed by atoms with Crippen LogP contribution >= 0.6 is 11.3 Å². The van der Waals surface area contributed by atoms with Crippen molar-refractivity contribution >= 4 is 27.2 Å². The van der Waals surface area contributed by atoms with Crippen molar-refractivity contribution in [3.8, 4) is 0 Å². The number of aromatic nitrogens is 1. The summed E-state index contributed by atoms with van der Waals surface area (Å²) in [5.41, 5.74) is 4.23. The van der Waals surface area contributed by atoms with Crippen LogP contribution in [0.25, 0.3) is 10.2 Å². The Morgan fingerprint density at radius 2 is 1.94 bits per heavy atom. The van der Waals surface area contributed by atoms with E-state index in [0.717, 1.165) is 12.1 Å². The minimum absolute atomic E-state index is 1.08. The Bertz CT molecular complexity index is 464. The molecule has 1 aromatic carbocycles. The van der Waals surface area contributed by atoms with E-state index in [1.807, 2.05) is 5.51 Å². The van der Waals surface area contributed by atoms with Crippen molar-refractivity contribution < 1.29 is 0 Å². The summed E-state index contributed by atoms with van der Waals surface area (Å²) in [5, 5.41) is 3.50. The van der Waals surface area contributed by atoms with E-state index in [9.17, 15) is 0 Å². The molecule has 2 aromatic rings. The van der Waals surface area contributed by atoms with Crippen molar-refractivity contribution in [2.24, 2.45) is 0 Å². The number of anilines is 1. The Balaban J connectivity index is 1.67. The average Bonchev–Trinajstić information content (AvgIpc) is 2.85. The topological polar surface area (TPSA) is 24.9 Å². The van der Waals surface area contributed by atoms with Gasteiger partial charge in [0.05, 0.1) is 15.7 Å². The maximum absolute atomic E-state index is 4.29. The Morgan fingerprint density at radius 1 is 1.11 bits per heavy atom. The third-order valence-electron chi connectivity index (χ3n) is 3.19. The number of hydrogen-bond donors (Lipinski definition) is 1. The molecule has 98 valence electrons. The van der Waals surface area contributed by atoms with E-state index in [4.69, 9.17) is 0 Å². The van der Waals surface area contributed by atoms with Crippen LogP contribution in [0.1, 0.15) is 45.4 Å². The van der Waals surface area contributed by atoms with Crippen LogP contribution in [0.2, 0.25) is 0 Å². The predicted molar refractivity (Wildman–Crippen MR) is 81.5 cm³/mol. The molecule has 0 bridgehead atoms. The lowest BCUT2D eigenvalue weighted by Crippen LogP contribution is -2.00. The molecule has 2 nitrogen and oxygen atoms in total. The number of rotatable bonds is 8. The number of benzene rings is 1. The molecule has 0 spiro atoms. The van der Waals surface area contributed by atoms with Crippen molar-refractivity contribution in [3.63, 3.8) is 0 Å². The molecule has 1 aromatic heterocycles. The standard InChI is InChI=1S/C15H22N2S/c1-2-3-4-5-6-7-10-16-13-8-9-14-15(11-13)18-12-17-14/h8-9,11-12,16H,2-7,10H2,1H3.